The molecule has 1 aliphatic heterocycles. The molecule has 0 radical (unpaired) electrons. The van der Waals surface area contributed by atoms with Crippen molar-refractivity contribution in [3.05, 3.63) is 51.7 Å². The summed E-state index contributed by atoms with van der Waals surface area (Å²) < 4.78 is 40.6. The van der Waals surface area contributed by atoms with E-state index in [4.69, 9.17) is 0 Å². The van der Waals surface area contributed by atoms with Crippen LogP contribution in [0.2, 0.25) is 0 Å². The number of piperazine rings is 1. The number of carbonyl (C=O) groups is 2. The van der Waals surface area contributed by atoms with Crippen LogP contribution in [0.15, 0.2) is 36.4 Å². The first kappa shape index (κ1) is 22.1. The summed E-state index contributed by atoms with van der Waals surface area (Å²) in [5.41, 5.74) is 0.880. The van der Waals surface area contributed by atoms with Gasteiger partial charge in [-0.15, -0.1) is 24.5 Å². The molecule has 1 aromatic heterocycles. The zero-order chi connectivity index (χ0) is 21.7. The van der Waals surface area contributed by atoms with Crippen LogP contribution in [-0.4, -0.2) is 54.2 Å². The van der Waals surface area contributed by atoms with Crippen molar-refractivity contribution >= 4 is 23.2 Å². The maximum absolute atomic E-state index is 12.7. The van der Waals surface area contributed by atoms with Gasteiger partial charge in [-0.25, -0.2) is 0 Å². The van der Waals surface area contributed by atoms with Crippen LogP contribution < -0.4 is 10.1 Å². The first-order valence-electron chi connectivity index (χ1n) is 9.39. The summed E-state index contributed by atoms with van der Waals surface area (Å²) in [7, 11) is 0. The molecule has 0 bridgehead atoms. The van der Waals surface area contributed by atoms with Crippen molar-refractivity contribution in [2.24, 2.45) is 0 Å². The van der Waals surface area contributed by atoms with E-state index in [1.807, 2.05) is 6.07 Å². The summed E-state index contributed by atoms with van der Waals surface area (Å²) in [5.74, 6) is -0.382. The number of alkyl halides is 3. The highest BCUT2D eigenvalue weighted by atomic mass is 32.1. The lowest BCUT2D eigenvalue weighted by Crippen LogP contribution is -2.48. The van der Waals surface area contributed by atoms with Gasteiger partial charge in [-0.2, -0.15) is 0 Å². The number of nitrogens with one attached hydrogen (secondary N) is 1. The third-order valence-corrected chi connectivity index (χ3v) is 5.68. The van der Waals surface area contributed by atoms with Crippen LogP contribution >= 0.6 is 11.3 Å². The topological polar surface area (TPSA) is 61.9 Å². The fraction of sp³-hybridized carbons (Fsp3) is 0.400. The molecule has 162 valence electrons. The van der Waals surface area contributed by atoms with Gasteiger partial charge in [0.2, 0.25) is 5.91 Å². The Morgan fingerprint density at radius 2 is 1.73 bits per heavy atom. The van der Waals surface area contributed by atoms with E-state index in [-0.39, 0.29) is 17.6 Å². The SMILES string of the molecule is CC(=O)NCc1ccc(C(=O)N2CCN(Cc3ccc(OC(F)(F)F)cc3)CC2)s1. The van der Waals surface area contributed by atoms with Crippen LogP contribution in [0.4, 0.5) is 13.2 Å². The van der Waals surface area contributed by atoms with E-state index in [0.717, 1.165) is 10.4 Å². The van der Waals surface area contributed by atoms with E-state index < -0.39 is 6.36 Å². The predicted octanol–water partition coefficient (Wildman–Crippen LogP) is 3.24. The van der Waals surface area contributed by atoms with Crippen molar-refractivity contribution in [1.82, 2.24) is 15.1 Å². The number of carbonyl (C=O) groups excluding carboxylic acids is 2. The smallest absolute Gasteiger partial charge is 0.406 e. The molecule has 1 fully saturated rings. The summed E-state index contributed by atoms with van der Waals surface area (Å²) in [6, 6.07) is 9.45. The number of nitrogens with zero attached hydrogens (tertiary/aromatic N) is 2. The number of ether oxygens (including phenoxy) is 1. The number of amides is 2. The van der Waals surface area contributed by atoms with Crippen molar-refractivity contribution in [1.29, 1.82) is 0 Å². The summed E-state index contributed by atoms with van der Waals surface area (Å²) >= 11 is 1.37. The maximum atomic E-state index is 12.7. The molecule has 1 saturated heterocycles. The highest BCUT2D eigenvalue weighted by Crippen LogP contribution is 2.23. The van der Waals surface area contributed by atoms with Gasteiger partial charge in [-0.05, 0) is 29.8 Å². The average Bonchev–Trinajstić information content (AvgIpc) is 3.16. The molecule has 6 nitrogen and oxygen atoms in total. The fourth-order valence-corrected chi connectivity index (χ4v) is 4.03. The Morgan fingerprint density at radius 3 is 2.33 bits per heavy atom. The molecule has 2 amide bonds. The number of benzene rings is 1. The first-order chi connectivity index (χ1) is 14.2. The molecular weight excluding hydrogens is 419 g/mol. The number of halogens is 3. The molecule has 0 atom stereocenters. The monoisotopic (exact) mass is 441 g/mol. The molecule has 0 spiro atoms. The van der Waals surface area contributed by atoms with Gasteiger partial charge < -0.3 is 15.0 Å². The standard InChI is InChI=1S/C20H22F3N3O3S/c1-14(27)24-12-17-6-7-18(30-17)19(28)26-10-8-25(9-11-26)13-15-2-4-16(5-3-15)29-20(21,22)23/h2-7H,8-13H2,1H3,(H,24,27). The lowest BCUT2D eigenvalue weighted by molar-refractivity contribution is -0.274. The third-order valence-electron chi connectivity index (χ3n) is 4.61. The molecule has 0 saturated carbocycles. The van der Waals surface area contributed by atoms with Crippen LogP contribution in [0, 0.1) is 0 Å². The van der Waals surface area contributed by atoms with Gasteiger partial charge in [0.1, 0.15) is 5.75 Å². The van der Waals surface area contributed by atoms with E-state index in [9.17, 15) is 22.8 Å². The minimum atomic E-state index is -4.70. The van der Waals surface area contributed by atoms with Gasteiger partial charge in [0, 0.05) is 44.5 Å². The van der Waals surface area contributed by atoms with Crippen LogP contribution in [0.1, 0.15) is 27.0 Å². The highest BCUT2D eigenvalue weighted by molar-refractivity contribution is 7.14. The van der Waals surface area contributed by atoms with Crippen LogP contribution in [0.5, 0.6) is 5.75 Å². The van der Waals surface area contributed by atoms with Gasteiger partial charge in [-0.3, -0.25) is 14.5 Å². The number of thiophene rings is 1. The summed E-state index contributed by atoms with van der Waals surface area (Å²) in [4.78, 5) is 29.2. The zero-order valence-corrected chi connectivity index (χ0v) is 17.2. The second-order valence-electron chi connectivity index (χ2n) is 6.94. The molecule has 3 rings (SSSR count). The summed E-state index contributed by atoms with van der Waals surface area (Å²) in [6.07, 6.45) is -4.70. The number of hydrogen-bond donors (Lipinski definition) is 1. The lowest BCUT2D eigenvalue weighted by Gasteiger charge is -2.34. The quantitative estimate of drug-likeness (QED) is 0.748. The lowest BCUT2D eigenvalue weighted by atomic mass is 10.2. The highest BCUT2D eigenvalue weighted by Gasteiger charge is 2.31. The Labute approximate surface area is 176 Å². The summed E-state index contributed by atoms with van der Waals surface area (Å²) in [5, 5.41) is 2.71. The van der Waals surface area contributed by atoms with Gasteiger partial charge in [0.25, 0.3) is 5.91 Å². The third kappa shape index (κ3) is 6.46. The van der Waals surface area contributed by atoms with Crippen molar-refractivity contribution in [3.8, 4) is 5.75 Å². The van der Waals surface area contributed by atoms with Gasteiger partial charge >= 0.3 is 6.36 Å². The average molecular weight is 441 g/mol. The van der Waals surface area contributed by atoms with E-state index in [1.54, 1.807) is 23.1 Å². The molecule has 2 aromatic rings. The molecular formula is C20H22F3N3O3S. The molecule has 1 aliphatic rings. The molecule has 0 unspecified atom stereocenters. The molecule has 1 N–H and O–H groups in total. The van der Waals surface area contributed by atoms with Crippen LogP contribution in [0.3, 0.4) is 0 Å². The minimum absolute atomic E-state index is 0.0256. The van der Waals surface area contributed by atoms with Crippen molar-refractivity contribution in [3.63, 3.8) is 0 Å². The second-order valence-corrected chi connectivity index (χ2v) is 8.10. The maximum Gasteiger partial charge on any atom is 0.573 e. The van der Waals surface area contributed by atoms with E-state index in [0.29, 0.717) is 44.1 Å². The Bertz CT molecular complexity index is 875. The minimum Gasteiger partial charge on any atom is -0.406 e. The Balaban J connectivity index is 1.47. The zero-order valence-electron chi connectivity index (χ0n) is 16.4. The van der Waals surface area contributed by atoms with E-state index in [2.05, 4.69) is 15.0 Å². The second kappa shape index (κ2) is 9.48. The number of hydrogen-bond acceptors (Lipinski definition) is 5. The van der Waals surface area contributed by atoms with Crippen molar-refractivity contribution < 1.29 is 27.5 Å². The Hall–Kier alpha value is -2.59. The molecule has 10 heteroatoms. The normalized spacial score (nSPS) is 15.1. The summed E-state index contributed by atoms with van der Waals surface area (Å²) in [6.45, 7) is 4.96. The largest absolute Gasteiger partial charge is 0.573 e. The molecule has 2 heterocycles. The van der Waals surface area contributed by atoms with Gasteiger partial charge in [-0.1, -0.05) is 12.1 Å². The molecule has 0 aliphatic carbocycles. The van der Waals surface area contributed by atoms with E-state index in [1.165, 1.54) is 30.4 Å². The molecule has 1 aromatic carbocycles. The van der Waals surface area contributed by atoms with Crippen molar-refractivity contribution in [2.75, 3.05) is 26.2 Å². The molecule has 30 heavy (non-hydrogen) atoms. The van der Waals surface area contributed by atoms with Crippen molar-refractivity contribution in [2.45, 2.75) is 26.4 Å². The van der Waals surface area contributed by atoms with Crippen LogP contribution in [0.25, 0.3) is 0 Å². The Kier molecular flexibility index (Phi) is 6.99. The van der Waals surface area contributed by atoms with Crippen LogP contribution in [-0.2, 0) is 17.9 Å². The number of rotatable bonds is 6. The fourth-order valence-electron chi connectivity index (χ4n) is 3.12. The predicted molar refractivity (Wildman–Crippen MR) is 106 cm³/mol. The first-order valence-corrected chi connectivity index (χ1v) is 10.2. The van der Waals surface area contributed by atoms with Gasteiger partial charge in [0.15, 0.2) is 0 Å². The van der Waals surface area contributed by atoms with Gasteiger partial charge in [0.05, 0.1) is 11.4 Å². The Morgan fingerprint density at radius 1 is 1.07 bits per heavy atom. The van der Waals surface area contributed by atoms with E-state index >= 15 is 0 Å².